The van der Waals surface area contributed by atoms with E-state index in [2.05, 4.69) is 20.6 Å². The SMILES string of the molecule is Cc1cc(-c2cc(C(=O)Nn3cnc4ccccc4c3=O)c3c(C)noc3n2)c(C)o1. The number of aryl methyl sites for hydroxylation is 3. The fraction of sp³-hybridized carbons (Fsp3) is 0.136. The molecule has 154 valence electrons. The minimum atomic E-state index is -0.517. The Hall–Kier alpha value is -4.27. The first-order valence-corrected chi connectivity index (χ1v) is 9.54. The molecule has 0 aliphatic carbocycles. The molecule has 1 N–H and O–H groups in total. The Balaban J connectivity index is 1.63. The number of carbonyl (C=O) groups is 1. The van der Waals surface area contributed by atoms with Gasteiger partial charge in [-0.1, -0.05) is 17.3 Å². The lowest BCUT2D eigenvalue weighted by atomic mass is 10.1. The quantitative estimate of drug-likeness (QED) is 0.479. The molecule has 1 aromatic carbocycles. The van der Waals surface area contributed by atoms with E-state index >= 15 is 0 Å². The lowest BCUT2D eigenvalue weighted by molar-refractivity contribution is 0.101. The molecule has 0 atom stereocenters. The van der Waals surface area contributed by atoms with Gasteiger partial charge in [-0.05, 0) is 45.0 Å². The van der Waals surface area contributed by atoms with E-state index in [4.69, 9.17) is 8.94 Å². The van der Waals surface area contributed by atoms with Crippen LogP contribution in [0.3, 0.4) is 0 Å². The third-order valence-electron chi connectivity index (χ3n) is 5.07. The number of aromatic nitrogens is 4. The molecule has 0 saturated heterocycles. The van der Waals surface area contributed by atoms with Crippen molar-refractivity contribution in [2.24, 2.45) is 0 Å². The van der Waals surface area contributed by atoms with Crippen molar-refractivity contribution in [2.45, 2.75) is 20.8 Å². The second-order valence-corrected chi connectivity index (χ2v) is 7.21. The van der Waals surface area contributed by atoms with Crippen LogP contribution in [0, 0.1) is 20.8 Å². The van der Waals surface area contributed by atoms with Gasteiger partial charge in [-0.2, -0.15) is 0 Å². The predicted molar refractivity (Wildman–Crippen MR) is 113 cm³/mol. The topological polar surface area (TPSA) is 116 Å². The molecule has 9 nitrogen and oxygen atoms in total. The number of hydrogen-bond donors (Lipinski definition) is 1. The third kappa shape index (κ3) is 3.07. The molecule has 0 spiro atoms. The van der Waals surface area contributed by atoms with Gasteiger partial charge >= 0.3 is 0 Å². The molecule has 0 aliphatic heterocycles. The van der Waals surface area contributed by atoms with E-state index < -0.39 is 5.91 Å². The summed E-state index contributed by atoms with van der Waals surface area (Å²) in [6.45, 7) is 5.38. The number of pyridine rings is 1. The van der Waals surface area contributed by atoms with Crippen LogP contribution in [0.25, 0.3) is 33.3 Å². The number of nitrogens with one attached hydrogen (secondary N) is 1. The molecular formula is C22H17N5O4. The van der Waals surface area contributed by atoms with Gasteiger partial charge in [0.25, 0.3) is 17.2 Å². The number of furan rings is 1. The van der Waals surface area contributed by atoms with Gasteiger partial charge in [-0.15, -0.1) is 0 Å². The van der Waals surface area contributed by atoms with Crippen molar-refractivity contribution >= 4 is 27.9 Å². The van der Waals surface area contributed by atoms with Gasteiger partial charge in [0.15, 0.2) is 0 Å². The fourth-order valence-electron chi connectivity index (χ4n) is 3.62. The highest BCUT2D eigenvalue weighted by Gasteiger charge is 2.21. The van der Waals surface area contributed by atoms with Crippen molar-refractivity contribution in [3.8, 4) is 11.3 Å². The maximum Gasteiger partial charge on any atom is 0.280 e. The fourth-order valence-corrected chi connectivity index (χ4v) is 3.62. The summed E-state index contributed by atoms with van der Waals surface area (Å²) in [5, 5.41) is 4.82. The van der Waals surface area contributed by atoms with Crippen LogP contribution < -0.4 is 11.0 Å². The van der Waals surface area contributed by atoms with Crippen LogP contribution in [0.4, 0.5) is 0 Å². The van der Waals surface area contributed by atoms with Gasteiger partial charge in [-0.25, -0.2) is 14.6 Å². The van der Waals surface area contributed by atoms with E-state index in [9.17, 15) is 9.59 Å². The van der Waals surface area contributed by atoms with Crippen molar-refractivity contribution in [3.63, 3.8) is 0 Å². The number of carbonyl (C=O) groups excluding carboxylic acids is 1. The molecule has 5 aromatic rings. The highest BCUT2D eigenvalue weighted by atomic mass is 16.5. The lowest BCUT2D eigenvalue weighted by Gasteiger charge is -2.10. The Kier molecular flexibility index (Phi) is 4.18. The Morgan fingerprint density at radius 2 is 1.94 bits per heavy atom. The van der Waals surface area contributed by atoms with E-state index in [-0.39, 0.29) is 16.8 Å². The third-order valence-corrected chi connectivity index (χ3v) is 5.07. The van der Waals surface area contributed by atoms with Crippen LogP contribution >= 0.6 is 0 Å². The second-order valence-electron chi connectivity index (χ2n) is 7.21. The normalized spacial score (nSPS) is 11.3. The smallest absolute Gasteiger partial charge is 0.280 e. The van der Waals surface area contributed by atoms with Crippen molar-refractivity contribution in [1.29, 1.82) is 0 Å². The number of amides is 1. The molecule has 4 heterocycles. The summed E-state index contributed by atoms with van der Waals surface area (Å²) >= 11 is 0. The molecule has 1 amide bonds. The van der Waals surface area contributed by atoms with Crippen LogP contribution in [-0.2, 0) is 0 Å². The molecule has 4 aromatic heterocycles. The van der Waals surface area contributed by atoms with Gasteiger partial charge in [0.1, 0.15) is 17.8 Å². The zero-order chi connectivity index (χ0) is 21.7. The summed E-state index contributed by atoms with van der Waals surface area (Å²) in [6.07, 6.45) is 1.28. The predicted octanol–water partition coefficient (Wildman–Crippen LogP) is 3.50. The van der Waals surface area contributed by atoms with Crippen LogP contribution in [0.5, 0.6) is 0 Å². The number of hydrogen-bond acceptors (Lipinski definition) is 7. The Bertz CT molecular complexity index is 1540. The largest absolute Gasteiger partial charge is 0.466 e. The Morgan fingerprint density at radius 1 is 1.13 bits per heavy atom. The summed E-state index contributed by atoms with van der Waals surface area (Å²) in [5.74, 6) is 0.877. The molecule has 0 saturated carbocycles. The minimum absolute atomic E-state index is 0.224. The van der Waals surface area contributed by atoms with Crippen molar-refractivity contribution in [1.82, 2.24) is 19.8 Å². The molecule has 0 fully saturated rings. The number of para-hydroxylation sites is 1. The molecule has 0 unspecified atom stereocenters. The van der Waals surface area contributed by atoms with E-state index in [1.54, 1.807) is 37.3 Å². The van der Waals surface area contributed by atoms with Crippen molar-refractivity contribution in [3.05, 3.63) is 75.9 Å². The Morgan fingerprint density at radius 3 is 2.71 bits per heavy atom. The molecule has 0 bridgehead atoms. The van der Waals surface area contributed by atoms with Gasteiger partial charge < -0.3 is 8.94 Å². The summed E-state index contributed by atoms with van der Waals surface area (Å²) < 4.78 is 12.0. The Labute approximate surface area is 175 Å². The zero-order valence-electron chi connectivity index (χ0n) is 17.0. The molecule has 9 heteroatoms. The first-order chi connectivity index (χ1) is 14.9. The highest BCUT2D eigenvalue weighted by Crippen LogP contribution is 2.30. The van der Waals surface area contributed by atoms with Crippen LogP contribution in [0.1, 0.15) is 27.6 Å². The van der Waals surface area contributed by atoms with Crippen molar-refractivity contribution < 1.29 is 13.7 Å². The first kappa shape index (κ1) is 18.7. The maximum atomic E-state index is 13.2. The van der Waals surface area contributed by atoms with Gasteiger partial charge in [0, 0.05) is 5.56 Å². The average Bonchev–Trinajstić information content (AvgIpc) is 3.30. The van der Waals surface area contributed by atoms with Crippen molar-refractivity contribution in [2.75, 3.05) is 5.43 Å². The van der Waals surface area contributed by atoms with Crippen LogP contribution in [-0.4, -0.2) is 25.7 Å². The lowest BCUT2D eigenvalue weighted by Crippen LogP contribution is -2.33. The number of nitrogens with zero attached hydrogens (tertiary/aromatic N) is 4. The number of rotatable bonds is 3. The van der Waals surface area contributed by atoms with E-state index in [0.717, 1.165) is 16.0 Å². The summed E-state index contributed by atoms with van der Waals surface area (Å²) in [5.41, 5.74) is 5.04. The maximum absolute atomic E-state index is 13.2. The number of fused-ring (bicyclic) bond motifs is 2. The molecule has 31 heavy (non-hydrogen) atoms. The zero-order valence-corrected chi connectivity index (χ0v) is 17.0. The number of benzene rings is 1. The summed E-state index contributed by atoms with van der Waals surface area (Å²) in [6, 6.07) is 10.4. The summed E-state index contributed by atoms with van der Waals surface area (Å²) in [7, 11) is 0. The molecule has 0 aliphatic rings. The van der Waals surface area contributed by atoms with E-state index in [0.29, 0.717) is 33.4 Å². The molecule has 0 radical (unpaired) electrons. The summed E-state index contributed by atoms with van der Waals surface area (Å²) in [4.78, 5) is 34.7. The van der Waals surface area contributed by atoms with Gasteiger partial charge in [-0.3, -0.25) is 15.0 Å². The standard InChI is InChI=1S/C22H17N5O4/c1-11-8-15(13(3)30-11)18-9-16(19-12(2)26-31-21(19)24-18)20(28)25-27-10-23-17-7-5-4-6-14(17)22(27)29/h4-10H,1-3H3,(H,25,28). The van der Waals surface area contributed by atoms with Crippen LogP contribution in [0.2, 0.25) is 0 Å². The van der Waals surface area contributed by atoms with Gasteiger partial charge in [0.2, 0.25) is 0 Å². The minimum Gasteiger partial charge on any atom is -0.466 e. The monoisotopic (exact) mass is 415 g/mol. The highest BCUT2D eigenvalue weighted by molar-refractivity contribution is 6.10. The van der Waals surface area contributed by atoms with E-state index in [1.165, 1.54) is 6.33 Å². The molecule has 5 rings (SSSR count). The van der Waals surface area contributed by atoms with E-state index in [1.807, 2.05) is 19.9 Å². The average molecular weight is 415 g/mol. The molecular weight excluding hydrogens is 398 g/mol. The van der Waals surface area contributed by atoms with Crippen LogP contribution in [0.15, 0.2) is 56.5 Å². The van der Waals surface area contributed by atoms with Gasteiger partial charge in [0.05, 0.1) is 33.2 Å². The first-order valence-electron chi connectivity index (χ1n) is 9.54. The second kappa shape index (κ2) is 6.91.